The Morgan fingerprint density at radius 1 is 1.14 bits per heavy atom. The predicted octanol–water partition coefficient (Wildman–Crippen LogP) is 3.27. The van der Waals surface area contributed by atoms with E-state index in [0.29, 0.717) is 42.0 Å². The van der Waals surface area contributed by atoms with Gasteiger partial charge in [0.2, 0.25) is 0 Å². The predicted molar refractivity (Wildman–Crippen MR) is 106 cm³/mol. The molecule has 4 rings (SSSR count). The van der Waals surface area contributed by atoms with E-state index in [1.165, 1.54) is 11.8 Å². The summed E-state index contributed by atoms with van der Waals surface area (Å²) in [5, 5.41) is 9.20. The van der Waals surface area contributed by atoms with E-state index in [4.69, 9.17) is 9.47 Å². The third-order valence-electron chi connectivity index (χ3n) is 4.16. The summed E-state index contributed by atoms with van der Waals surface area (Å²) < 4.78 is 13.0. The van der Waals surface area contributed by atoms with Crippen molar-refractivity contribution in [2.75, 3.05) is 19.0 Å². The standard InChI is InChI=1S/C20H18N4O3S/c1-2-9-24-19(14-5-7-21-8-6-14)22-23-20(24)28-13-16(25)15-3-4-17-18(12-15)27-11-10-26-17/h2-8,12H,1,9-11,13H2. The molecule has 0 saturated carbocycles. The van der Waals surface area contributed by atoms with Gasteiger partial charge in [-0.15, -0.1) is 16.8 Å². The number of allylic oxidation sites excluding steroid dienone is 1. The van der Waals surface area contributed by atoms with E-state index < -0.39 is 0 Å². The van der Waals surface area contributed by atoms with Crippen molar-refractivity contribution in [1.82, 2.24) is 19.7 Å². The average molecular weight is 394 g/mol. The van der Waals surface area contributed by atoms with Gasteiger partial charge in [0.15, 0.2) is 28.3 Å². The lowest BCUT2D eigenvalue weighted by molar-refractivity contribution is 0.102. The Morgan fingerprint density at radius 2 is 1.93 bits per heavy atom. The summed E-state index contributed by atoms with van der Waals surface area (Å²) in [4.78, 5) is 16.7. The highest BCUT2D eigenvalue weighted by molar-refractivity contribution is 7.99. The molecule has 0 spiro atoms. The van der Waals surface area contributed by atoms with Crippen LogP contribution in [0.5, 0.6) is 11.5 Å². The molecule has 2 aromatic heterocycles. The number of ketones is 1. The molecule has 7 nitrogen and oxygen atoms in total. The number of thioether (sulfide) groups is 1. The minimum absolute atomic E-state index is 0.0133. The van der Waals surface area contributed by atoms with Gasteiger partial charge >= 0.3 is 0 Å². The Kier molecular flexibility index (Phi) is 5.38. The third-order valence-corrected chi connectivity index (χ3v) is 5.13. The summed E-state index contributed by atoms with van der Waals surface area (Å²) in [5.41, 5.74) is 1.50. The lowest BCUT2D eigenvalue weighted by atomic mass is 10.1. The number of fused-ring (bicyclic) bond motifs is 1. The molecule has 1 aliphatic heterocycles. The smallest absolute Gasteiger partial charge is 0.192 e. The second-order valence-electron chi connectivity index (χ2n) is 6.01. The lowest BCUT2D eigenvalue weighted by Gasteiger charge is -2.18. The highest BCUT2D eigenvalue weighted by Gasteiger charge is 2.18. The largest absolute Gasteiger partial charge is 0.486 e. The second kappa shape index (κ2) is 8.26. The molecule has 1 aliphatic rings. The highest BCUT2D eigenvalue weighted by atomic mass is 32.2. The van der Waals surface area contributed by atoms with Crippen molar-refractivity contribution in [2.45, 2.75) is 11.7 Å². The van der Waals surface area contributed by atoms with Crippen molar-refractivity contribution in [3.63, 3.8) is 0 Å². The normalized spacial score (nSPS) is 12.6. The van der Waals surface area contributed by atoms with Crippen LogP contribution >= 0.6 is 11.8 Å². The molecule has 0 bridgehead atoms. The molecular formula is C20H18N4O3S. The number of hydrogen-bond donors (Lipinski definition) is 0. The monoisotopic (exact) mass is 394 g/mol. The van der Waals surface area contributed by atoms with Crippen LogP contribution in [0.1, 0.15) is 10.4 Å². The van der Waals surface area contributed by atoms with Gasteiger partial charge in [-0.1, -0.05) is 17.8 Å². The van der Waals surface area contributed by atoms with Gasteiger partial charge < -0.3 is 9.47 Å². The van der Waals surface area contributed by atoms with Crippen LogP contribution in [-0.4, -0.2) is 44.5 Å². The molecule has 0 atom stereocenters. The van der Waals surface area contributed by atoms with Gasteiger partial charge in [0, 0.05) is 30.1 Å². The van der Waals surface area contributed by atoms with Crippen LogP contribution in [0.2, 0.25) is 0 Å². The second-order valence-corrected chi connectivity index (χ2v) is 6.95. The summed E-state index contributed by atoms with van der Waals surface area (Å²) in [6.45, 7) is 5.36. The number of carbonyl (C=O) groups is 1. The fourth-order valence-corrected chi connectivity index (χ4v) is 3.68. The number of ether oxygens (including phenoxy) is 2. The maximum absolute atomic E-state index is 12.6. The topological polar surface area (TPSA) is 79.1 Å². The fourth-order valence-electron chi connectivity index (χ4n) is 2.83. The summed E-state index contributed by atoms with van der Waals surface area (Å²) in [5.74, 6) is 2.22. The Bertz CT molecular complexity index is 1000. The molecular weight excluding hydrogens is 376 g/mol. The maximum atomic E-state index is 12.6. The Labute approximate surface area is 166 Å². The van der Waals surface area contributed by atoms with Crippen LogP contribution in [-0.2, 0) is 6.54 Å². The summed E-state index contributed by atoms with van der Waals surface area (Å²) in [6.07, 6.45) is 5.20. The first-order chi connectivity index (χ1) is 13.8. The number of aromatic nitrogens is 4. The number of carbonyl (C=O) groups excluding carboxylic acids is 1. The molecule has 0 unspecified atom stereocenters. The molecule has 1 aromatic carbocycles. The molecule has 0 aliphatic carbocycles. The SMILES string of the molecule is C=CCn1c(SCC(=O)c2ccc3c(c2)OCCO3)nnc1-c1ccncc1. The first-order valence-corrected chi connectivity index (χ1v) is 9.75. The Hall–Kier alpha value is -3.13. The zero-order valence-corrected chi connectivity index (χ0v) is 15.9. The van der Waals surface area contributed by atoms with Crippen molar-refractivity contribution in [3.8, 4) is 22.9 Å². The van der Waals surface area contributed by atoms with Gasteiger partial charge in [0.1, 0.15) is 13.2 Å². The van der Waals surface area contributed by atoms with Crippen LogP contribution in [0.25, 0.3) is 11.4 Å². The van der Waals surface area contributed by atoms with Gasteiger partial charge in [-0.05, 0) is 30.3 Å². The molecule has 3 heterocycles. The van der Waals surface area contributed by atoms with E-state index in [0.717, 1.165) is 11.4 Å². The molecule has 0 saturated heterocycles. The van der Waals surface area contributed by atoms with Crippen molar-refractivity contribution < 1.29 is 14.3 Å². The van der Waals surface area contributed by atoms with Gasteiger partial charge in [-0.2, -0.15) is 0 Å². The van der Waals surface area contributed by atoms with Gasteiger partial charge in [0.05, 0.1) is 5.75 Å². The van der Waals surface area contributed by atoms with Crippen LogP contribution < -0.4 is 9.47 Å². The molecule has 0 N–H and O–H groups in total. The molecule has 3 aromatic rings. The van der Waals surface area contributed by atoms with Crippen molar-refractivity contribution in [2.24, 2.45) is 0 Å². The number of hydrogen-bond acceptors (Lipinski definition) is 7. The van der Waals surface area contributed by atoms with E-state index in [9.17, 15) is 4.79 Å². The summed E-state index contributed by atoms with van der Waals surface area (Å²) >= 11 is 1.35. The van der Waals surface area contributed by atoms with E-state index in [2.05, 4.69) is 21.8 Å². The lowest BCUT2D eigenvalue weighted by Crippen LogP contribution is -2.16. The average Bonchev–Trinajstić information content (AvgIpc) is 3.15. The Morgan fingerprint density at radius 3 is 2.71 bits per heavy atom. The zero-order chi connectivity index (χ0) is 19.3. The van der Waals surface area contributed by atoms with Crippen molar-refractivity contribution in [1.29, 1.82) is 0 Å². The Balaban J connectivity index is 1.51. The highest BCUT2D eigenvalue weighted by Crippen LogP contribution is 2.31. The third kappa shape index (κ3) is 3.77. The number of rotatable bonds is 7. The minimum Gasteiger partial charge on any atom is -0.486 e. The number of benzene rings is 1. The minimum atomic E-state index is -0.0133. The van der Waals surface area contributed by atoms with E-state index in [1.807, 2.05) is 16.7 Å². The van der Waals surface area contributed by atoms with Crippen molar-refractivity contribution >= 4 is 17.5 Å². The fraction of sp³-hybridized carbons (Fsp3) is 0.200. The summed E-state index contributed by atoms with van der Waals surface area (Å²) in [7, 11) is 0. The number of Topliss-reactive ketones (excluding diaryl/α,β-unsaturated/α-hetero) is 1. The quantitative estimate of drug-likeness (QED) is 0.346. The van der Waals surface area contributed by atoms with Crippen LogP contribution in [0.4, 0.5) is 0 Å². The number of nitrogens with zero attached hydrogens (tertiary/aromatic N) is 4. The maximum Gasteiger partial charge on any atom is 0.192 e. The summed E-state index contributed by atoms with van der Waals surface area (Å²) in [6, 6.07) is 9.01. The van der Waals surface area contributed by atoms with E-state index in [-0.39, 0.29) is 11.5 Å². The van der Waals surface area contributed by atoms with Crippen LogP contribution in [0, 0.1) is 0 Å². The van der Waals surface area contributed by atoms with Gasteiger partial charge in [-0.25, -0.2) is 0 Å². The molecule has 0 radical (unpaired) electrons. The van der Waals surface area contributed by atoms with E-state index in [1.54, 1.807) is 36.7 Å². The van der Waals surface area contributed by atoms with Crippen molar-refractivity contribution in [3.05, 3.63) is 60.9 Å². The molecule has 8 heteroatoms. The van der Waals surface area contributed by atoms with Gasteiger partial charge in [-0.3, -0.25) is 14.3 Å². The molecule has 0 amide bonds. The molecule has 0 fully saturated rings. The van der Waals surface area contributed by atoms with Crippen LogP contribution in [0.3, 0.4) is 0 Å². The zero-order valence-electron chi connectivity index (χ0n) is 15.1. The van der Waals surface area contributed by atoms with Crippen LogP contribution in [0.15, 0.2) is 60.5 Å². The first-order valence-electron chi connectivity index (χ1n) is 8.76. The molecule has 142 valence electrons. The first kappa shape index (κ1) is 18.2. The van der Waals surface area contributed by atoms with Gasteiger partial charge in [0.25, 0.3) is 0 Å². The molecule has 28 heavy (non-hydrogen) atoms. The number of pyridine rings is 1. The van der Waals surface area contributed by atoms with E-state index >= 15 is 0 Å².